The van der Waals surface area contributed by atoms with E-state index in [0.29, 0.717) is 5.69 Å². The minimum absolute atomic E-state index is 0.282. The Bertz CT molecular complexity index is 324. The van der Waals surface area contributed by atoms with Gasteiger partial charge in [0.15, 0.2) is 0 Å². The third-order valence-corrected chi connectivity index (χ3v) is 2.26. The molecule has 0 spiro atoms. The molecule has 0 aliphatic heterocycles. The van der Waals surface area contributed by atoms with Gasteiger partial charge >= 0.3 is 11.9 Å². The molecule has 1 aromatic rings. The highest BCUT2D eigenvalue weighted by atomic mass is 32.1. The average Bonchev–Trinajstić information content (AvgIpc) is 2.34. The van der Waals surface area contributed by atoms with E-state index >= 15 is 0 Å². The number of halogens is 2. The van der Waals surface area contributed by atoms with Crippen molar-refractivity contribution < 1.29 is 18.7 Å². The van der Waals surface area contributed by atoms with Crippen LogP contribution in [-0.2, 0) is 11.2 Å². The predicted octanol–water partition coefficient (Wildman–Crippen LogP) is 1.71. The van der Waals surface area contributed by atoms with Crippen molar-refractivity contribution in [2.75, 3.05) is 0 Å². The highest BCUT2D eigenvalue weighted by molar-refractivity contribution is 7.05. The van der Waals surface area contributed by atoms with Crippen LogP contribution < -0.4 is 0 Å². The van der Waals surface area contributed by atoms with Crippen LogP contribution in [0.5, 0.6) is 0 Å². The van der Waals surface area contributed by atoms with Gasteiger partial charge in [-0.15, -0.1) is 0 Å². The SMILES string of the molecule is Cc1cc(CC(F)(F)C(=O)O)sn1. The van der Waals surface area contributed by atoms with Crippen LogP contribution in [0.3, 0.4) is 0 Å². The quantitative estimate of drug-likeness (QED) is 0.820. The molecule has 6 heteroatoms. The minimum atomic E-state index is -3.70. The lowest BCUT2D eigenvalue weighted by molar-refractivity contribution is -0.164. The number of aliphatic carboxylic acids is 1. The Hall–Kier alpha value is -1.04. The number of carboxylic acids is 1. The van der Waals surface area contributed by atoms with Crippen molar-refractivity contribution in [3.05, 3.63) is 16.6 Å². The number of aromatic nitrogens is 1. The second kappa shape index (κ2) is 3.37. The summed E-state index contributed by atoms with van der Waals surface area (Å²) >= 11 is 0.900. The first kappa shape index (κ1) is 10.0. The van der Waals surface area contributed by atoms with Gasteiger partial charge in [0.2, 0.25) is 0 Å². The molecule has 72 valence electrons. The van der Waals surface area contributed by atoms with E-state index in [9.17, 15) is 13.6 Å². The lowest BCUT2D eigenvalue weighted by atomic mass is 10.2. The van der Waals surface area contributed by atoms with Crippen LogP contribution in [0.1, 0.15) is 10.6 Å². The lowest BCUT2D eigenvalue weighted by Crippen LogP contribution is -2.30. The normalized spacial score (nSPS) is 11.6. The molecule has 13 heavy (non-hydrogen) atoms. The van der Waals surface area contributed by atoms with Crippen molar-refractivity contribution in [1.82, 2.24) is 4.37 Å². The molecule has 0 unspecified atom stereocenters. The molecule has 3 nitrogen and oxygen atoms in total. The fourth-order valence-corrected chi connectivity index (χ4v) is 1.58. The second-order valence-corrected chi connectivity index (χ2v) is 3.51. The number of nitrogens with zero attached hydrogens (tertiary/aromatic N) is 1. The molecule has 0 saturated carbocycles. The molecule has 0 saturated heterocycles. The number of hydrogen-bond acceptors (Lipinski definition) is 3. The molecule has 0 radical (unpaired) electrons. The molecular weight excluding hydrogens is 200 g/mol. The Labute approximate surface area is 77.2 Å². The third-order valence-electron chi connectivity index (χ3n) is 1.39. The van der Waals surface area contributed by atoms with Gasteiger partial charge in [-0.25, -0.2) is 4.79 Å². The smallest absolute Gasteiger partial charge is 0.374 e. The fourth-order valence-electron chi connectivity index (χ4n) is 0.794. The lowest BCUT2D eigenvalue weighted by Gasteiger charge is -2.07. The number of carbonyl (C=O) groups is 1. The number of carboxylic acid groups (broad SMARTS) is 1. The van der Waals surface area contributed by atoms with E-state index in [1.165, 1.54) is 6.07 Å². The Balaban J connectivity index is 2.74. The molecule has 0 bridgehead atoms. The molecule has 1 aromatic heterocycles. The van der Waals surface area contributed by atoms with Crippen LogP contribution in [0.25, 0.3) is 0 Å². The summed E-state index contributed by atoms with van der Waals surface area (Å²) in [7, 11) is 0. The van der Waals surface area contributed by atoms with Gasteiger partial charge in [-0.1, -0.05) is 0 Å². The van der Waals surface area contributed by atoms with E-state index in [0.717, 1.165) is 11.5 Å². The zero-order valence-corrected chi connectivity index (χ0v) is 7.57. The maximum absolute atomic E-state index is 12.6. The largest absolute Gasteiger partial charge is 0.477 e. The zero-order chi connectivity index (χ0) is 10.1. The van der Waals surface area contributed by atoms with Crippen LogP contribution in [0.4, 0.5) is 8.78 Å². The molecule has 1 heterocycles. The van der Waals surface area contributed by atoms with Gasteiger partial charge in [0.25, 0.3) is 0 Å². The summed E-state index contributed by atoms with van der Waals surface area (Å²) in [4.78, 5) is 10.3. The van der Waals surface area contributed by atoms with E-state index in [1.54, 1.807) is 6.92 Å². The predicted molar refractivity (Wildman–Crippen MR) is 43.1 cm³/mol. The Morgan fingerprint density at radius 3 is 2.77 bits per heavy atom. The molecular formula is C7H7F2NO2S. The topological polar surface area (TPSA) is 50.2 Å². The third kappa shape index (κ3) is 2.45. The molecule has 1 rings (SSSR count). The second-order valence-electron chi connectivity index (χ2n) is 2.62. The highest BCUT2D eigenvalue weighted by Crippen LogP contribution is 2.22. The Kier molecular flexibility index (Phi) is 2.60. The van der Waals surface area contributed by atoms with E-state index in [1.807, 2.05) is 0 Å². The number of aryl methyl sites for hydroxylation is 1. The van der Waals surface area contributed by atoms with Crippen molar-refractivity contribution >= 4 is 17.5 Å². The first-order chi connectivity index (χ1) is 5.92. The maximum Gasteiger partial charge on any atom is 0.374 e. The summed E-state index contributed by atoms with van der Waals surface area (Å²) in [5.41, 5.74) is 0.626. The van der Waals surface area contributed by atoms with Gasteiger partial charge in [-0.2, -0.15) is 13.2 Å². The van der Waals surface area contributed by atoms with E-state index < -0.39 is 18.3 Å². The molecule has 0 aliphatic carbocycles. The Morgan fingerprint density at radius 1 is 1.77 bits per heavy atom. The van der Waals surface area contributed by atoms with Gasteiger partial charge in [-0.05, 0) is 24.5 Å². The van der Waals surface area contributed by atoms with Crippen molar-refractivity contribution in [2.45, 2.75) is 19.3 Å². The van der Waals surface area contributed by atoms with Crippen molar-refractivity contribution in [2.24, 2.45) is 0 Å². The van der Waals surface area contributed by atoms with Crippen LogP contribution in [0, 0.1) is 6.92 Å². The standard InChI is InChI=1S/C7H7F2NO2S/c1-4-2-5(13-10-4)3-7(8,9)6(11)12/h2H,3H2,1H3,(H,11,12). The summed E-state index contributed by atoms with van der Waals surface area (Å²) in [6.07, 6.45) is -0.784. The van der Waals surface area contributed by atoms with E-state index in [4.69, 9.17) is 5.11 Å². The van der Waals surface area contributed by atoms with Gasteiger partial charge in [-0.3, -0.25) is 0 Å². The van der Waals surface area contributed by atoms with Crippen LogP contribution >= 0.6 is 11.5 Å². The molecule has 1 N–H and O–H groups in total. The number of alkyl halides is 2. The maximum atomic E-state index is 12.6. The summed E-state index contributed by atoms with van der Waals surface area (Å²) in [6, 6.07) is 1.46. The van der Waals surface area contributed by atoms with Gasteiger partial charge in [0, 0.05) is 4.88 Å². The molecule has 0 amide bonds. The van der Waals surface area contributed by atoms with Crippen LogP contribution in [-0.4, -0.2) is 21.4 Å². The zero-order valence-electron chi connectivity index (χ0n) is 6.75. The average molecular weight is 207 g/mol. The minimum Gasteiger partial charge on any atom is -0.477 e. The van der Waals surface area contributed by atoms with Crippen LogP contribution in [0.2, 0.25) is 0 Å². The van der Waals surface area contributed by atoms with E-state index in [2.05, 4.69) is 4.37 Å². The molecule has 0 fully saturated rings. The molecule has 0 aliphatic rings. The number of hydrogen-bond donors (Lipinski definition) is 1. The van der Waals surface area contributed by atoms with Gasteiger partial charge in [0.1, 0.15) is 0 Å². The summed E-state index contributed by atoms with van der Waals surface area (Å²) in [5.74, 6) is -5.79. The molecule has 0 atom stereocenters. The monoisotopic (exact) mass is 207 g/mol. The summed E-state index contributed by atoms with van der Waals surface area (Å²) < 4.78 is 29.0. The van der Waals surface area contributed by atoms with Crippen molar-refractivity contribution in [1.29, 1.82) is 0 Å². The Morgan fingerprint density at radius 2 is 2.38 bits per heavy atom. The van der Waals surface area contributed by atoms with Gasteiger partial charge in [0.05, 0.1) is 12.1 Å². The van der Waals surface area contributed by atoms with E-state index in [-0.39, 0.29) is 4.88 Å². The first-order valence-electron chi connectivity index (χ1n) is 3.45. The number of rotatable bonds is 3. The van der Waals surface area contributed by atoms with Crippen LogP contribution in [0.15, 0.2) is 6.07 Å². The van der Waals surface area contributed by atoms with Crippen molar-refractivity contribution in [3.63, 3.8) is 0 Å². The molecule has 0 aromatic carbocycles. The summed E-state index contributed by atoms with van der Waals surface area (Å²) in [5, 5.41) is 8.14. The first-order valence-corrected chi connectivity index (χ1v) is 4.22. The summed E-state index contributed by atoms with van der Waals surface area (Å²) in [6.45, 7) is 1.67. The highest BCUT2D eigenvalue weighted by Gasteiger charge is 2.39. The van der Waals surface area contributed by atoms with Gasteiger partial charge < -0.3 is 5.11 Å². The fraction of sp³-hybridized carbons (Fsp3) is 0.429. The van der Waals surface area contributed by atoms with Crippen molar-refractivity contribution in [3.8, 4) is 0 Å².